The molecule has 4 aromatic rings. The van der Waals surface area contributed by atoms with Gasteiger partial charge >= 0.3 is 5.97 Å². The van der Waals surface area contributed by atoms with Crippen LogP contribution in [-0.2, 0) is 16.1 Å². The third-order valence-electron chi connectivity index (χ3n) is 6.20. The Kier molecular flexibility index (Phi) is 7.82. The quantitative estimate of drug-likeness (QED) is 0.284. The molecule has 2 heterocycles. The third kappa shape index (κ3) is 5.90. The summed E-state index contributed by atoms with van der Waals surface area (Å²) in [5, 5.41) is 0.564. The van der Waals surface area contributed by atoms with Gasteiger partial charge in [-0.05, 0) is 67.8 Å². The maximum absolute atomic E-state index is 13.7. The zero-order chi connectivity index (χ0) is 27.5. The van der Waals surface area contributed by atoms with E-state index in [1.165, 1.54) is 11.3 Å². The summed E-state index contributed by atoms with van der Waals surface area (Å²) in [7, 11) is 0. The van der Waals surface area contributed by atoms with Crippen LogP contribution in [0.2, 0.25) is 5.02 Å². The smallest absolute Gasteiger partial charge is 0.338 e. The van der Waals surface area contributed by atoms with E-state index in [2.05, 4.69) is 4.99 Å². The van der Waals surface area contributed by atoms with Crippen LogP contribution >= 0.6 is 22.9 Å². The molecule has 1 aliphatic heterocycles. The fourth-order valence-electron chi connectivity index (χ4n) is 4.37. The topological polar surface area (TPSA) is 69.9 Å². The van der Waals surface area contributed by atoms with Gasteiger partial charge in [-0.25, -0.2) is 9.79 Å². The van der Waals surface area contributed by atoms with Crippen LogP contribution in [0, 0.1) is 0 Å². The SMILES string of the molecule is CC1=C(C(=O)OC(C)C)C(c2ccc(Cl)cc2)n2c(sc(=Cc3ccc(OCc4ccccc4)cc3)c2=O)=N1. The van der Waals surface area contributed by atoms with Gasteiger partial charge in [-0.1, -0.05) is 77.5 Å². The van der Waals surface area contributed by atoms with Gasteiger partial charge in [0.1, 0.15) is 12.4 Å². The molecule has 0 fully saturated rings. The first-order valence-corrected chi connectivity index (χ1v) is 13.8. The van der Waals surface area contributed by atoms with E-state index in [1.54, 1.807) is 37.5 Å². The molecular weight excluding hydrogens is 532 g/mol. The average Bonchev–Trinajstić information content (AvgIpc) is 3.22. The van der Waals surface area contributed by atoms with Crippen LogP contribution in [0.25, 0.3) is 6.08 Å². The van der Waals surface area contributed by atoms with Crippen LogP contribution in [0.5, 0.6) is 5.75 Å². The number of esters is 1. The number of benzene rings is 3. The van der Waals surface area contributed by atoms with Crippen molar-refractivity contribution in [1.82, 2.24) is 4.57 Å². The monoisotopic (exact) mass is 558 g/mol. The summed E-state index contributed by atoms with van der Waals surface area (Å²) < 4.78 is 13.5. The van der Waals surface area contributed by atoms with Gasteiger partial charge < -0.3 is 9.47 Å². The van der Waals surface area contributed by atoms with Crippen molar-refractivity contribution >= 4 is 35.0 Å². The molecule has 5 rings (SSSR count). The van der Waals surface area contributed by atoms with Crippen molar-refractivity contribution in [3.05, 3.63) is 132 Å². The van der Waals surface area contributed by atoms with Crippen LogP contribution in [-0.4, -0.2) is 16.6 Å². The molecule has 0 spiro atoms. The molecule has 1 unspecified atom stereocenters. The molecule has 3 aromatic carbocycles. The molecule has 0 saturated heterocycles. The Morgan fingerprint density at radius 2 is 1.74 bits per heavy atom. The van der Waals surface area contributed by atoms with E-state index < -0.39 is 12.0 Å². The van der Waals surface area contributed by atoms with Gasteiger partial charge in [0.15, 0.2) is 4.80 Å². The summed E-state index contributed by atoms with van der Waals surface area (Å²) in [6, 6.07) is 24.0. The van der Waals surface area contributed by atoms with Gasteiger partial charge in [0, 0.05) is 5.02 Å². The molecule has 0 radical (unpaired) electrons. The lowest BCUT2D eigenvalue weighted by atomic mass is 9.96. The van der Waals surface area contributed by atoms with Crippen molar-refractivity contribution in [3.8, 4) is 5.75 Å². The zero-order valence-electron chi connectivity index (χ0n) is 21.8. The predicted molar refractivity (Wildman–Crippen MR) is 154 cm³/mol. The van der Waals surface area contributed by atoms with E-state index in [0.717, 1.165) is 22.4 Å². The largest absolute Gasteiger partial charge is 0.489 e. The molecule has 0 N–H and O–H groups in total. The van der Waals surface area contributed by atoms with Gasteiger partial charge in [0.2, 0.25) is 0 Å². The molecule has 1 atom stereocenters. The van der Waals surface area contributed by atoms with Crippen molar-refractivity contribution in [3.63, 3.8) is 0 Å². The highest BCUT2D eigenvalue weighted by Gasteiger charge is 2.33. The van der Waals surface area contributed by atoms with Crippen molar-refractivity contribution < 1.29 is 14.3 Å². The summed E-state index contributed by atoms with van der Waals surface area (Å²) >= 11 is 7.42. The number of thiazole rings is 1. The molecule has 8 heteroatoms. The molecule has 198 valence electrons. The first-order valence-electron chi connectivity index (χ1n) is 12.6. The Hall–Kier alpha value is -3.94. The van der Waals surface area contributed by atoms with Crippen molar-refractivity contribution in [2.75, 3.05) is 0 Å². The number of carbonyl (C=O) groups is 1. The number of carbonyl (C=O) groups excluding carboxylic acids is 1. The van der Waals surface area contributed by atoms with E-state index in [4.69, 9.17) is 21.1 Å². The highest BCUT2D eigenvalue weighted by molar-refractivity contribution is 7.07. The van der Waals surface area contributed by atoms with Crippen LogP contribution in [0.1, 0.15) is 43.5 Å². The maximum Gasteiger partial charge on any atom is 0.338 e. The molecule has 0 amide bonds. The third-order valence-corrected chi connectivity index (χ3v) is 7.43. The number of allylic oxidation sites excluding steroid dienone is 1. The minimum absolute atomic E-state index is 0.231. The van der Waals surface area contributed by atoms with E-state index in [1.807, 2.05) is 72.8 Å². The fraction of sp³-hybridized carbons (Fsp3) is 0.194. The first-order chi connectivity index (χ1) is 18.8. The van der Waals surface area contributed by atoms with Gasteiger partial charge in [0.05, 0.1) is 27.9 Å². The highest BCUT2D eigenvalue weighted by Crippen LogP contribution is 2.31. The summed E-state index contributed by atoms with van der Waals surface area (Å²) in [4.78, 5) is 32.1. The number of hydrogen-bond acceptors (Lipinski definition) is 6. The summed E-state index contributed by atoms with van der Waals surface area (Å²) in [5.74, 6) is 0.246. The Morgan fingerprint density at radius 1 is 1.05 bits per heavy atom. The molecular formula is C31H27ClN2O4S. The molecule has 0 bridgehead atoms. The molecule has 6 nitrogen and oxygen atoms in total. The number of halogens is 1. The minimum atomic E-state index is -0.680. The van der Waals surface area contributed by atoms with Crippen LogP contribution in [0.3, 0.4) is 0 Å². The maximum atomic E-state index is 13.7. The van der Waals surface area contributed by atoms with Gasteiger partial charge in [-0.15, -0.1) is 0 Å². The number of ether oxygens (including phenoxy) is 2. The van der Waals surface area contributed by atoms with Crippen molar-refractivity contribution in [2.45, 2.75) is 39.5 Å². The van der Waals surface area contributed by atoms with E-state index >= 15 is 0 Å². The molecule has 0 saturated carbocycles. The number of rotatable bonds is 7. The van der Waals surface area contributed by atoms with E-state index in [9.17, 15) is 9.59 Å². The number of hydrogen-bond donors (Lipinski definition) is 0. The average molecular weight is 559 g/mol. The van der Waals surface area contributed by atoms with Crippen LogP contribution in [0.15, 0.2) is 99.9 Å². The minimum Gasteiger partial charge on any atom is -0.489 e. The van der Waals surface area contributed by atoms with Crippen LogP contribution < -0.4 is 19.6 Å². The standard InChI is InChI=1S/C31H27ClN2O4S/c1-19(2)38-30(36)27-20(3)33-31-34(28(27)23-11-13-24(32)14-12-23)29(35)26(39-31)17-21-9-15-25(16-10-21)37-18-22-7-5-4-6-8-22/h4-17,19,28H,18H2,1-3H3. The molecule has 1 aromatic heterocycles. The van der Waals surface area contributed by atoms with Gasteiger partial charge in [0.25, 0.3) is 5.56 Å². The second-order valence-electron chi connectivity index (χ2n) is 9.43. The number of fused-ring (bicyclic) bond motifs is 1. The van der Waals surface area contributed by atoms with Crippen molar-refractivity contribution in [1.29, 1.82) is 0 Å². The van der Waals surface area contributed by atoms with Gasteiger partial charge in [-0.3, -0.25) is 9.36 Å². The fourth-order valence-corrected chi connectivity index (χ4v) is 5.55. The Balaban J connectivity index is 1.51. The summed E-state index contributed by atoms with van der Waals surface area (Å²) in [5.41, 5.74) is 3.32. The lowest BCUT2D eigenvalue weighted by Crippen LogP contribution is -2.40. The van der Waals surface area contributed by atoms with E-state index in [-0.39, 0.29) is 11.7 Å². The second kappa shape index (κ2) is 11.4. The zero-order valence-corrected chi connectivity index (χ0v) is 23.3. The normalized spacial score (nSPS) is 15.2. The Labute approximate surface area is 235 Å². The summed E-state index contributed by atoms with van der Waals surface area (Å²) in [6.45, 7) is 5.83. The Bertz CT molecular complexity index is 1700. The van der Waals surface area contributed by atoms with Gasteiger partial charge in [-0.2, -0.15) is 0 Å². The van der Waals surface area contributed by atoms with Crippen LogP contribution in [0.4, 0.5) is 0 Å². The molecule has 1 aliphatic rings. The second-order valence-corrected chi connectivity index (χ2v) is 10.9. The number of aromatic nitrogens is 1. The van der Waals surface area contributed by atoms with Crippen molar-refractivity contribution in [2.24, 2.45) is 4.99 Å². The lowest BCUT2D eigenvalue weighted by Gasteiger charge is -2.25. The highest BCUT2D eigenvalue weighted by atomic mass is 35.5. The number of nitrogens with zero attached hydrogens (tertiary/aromatic N) is 2. The molecule has 0 aliphatic carbocycles. The summed E-state index contributed by atoms with van der Waals surface area (Å²) in [6.07, 6.45) is 1.52. The Morgan fingerprint density at radius 3 is 2.41 bits per heavy atom. The van der Waals surface area contributed by atoms with E-state index in [0.29, 0.717) is 32.2 Å². The predicted octanol–water partition coefficient (Wildman–Crippen LogP) is 5.42. The first kappa shape index (κ1) is 26.7. The molecule has 39 heavy (non-hydrogen) atoms. The lowest BCUT2D eigenvalue weighted by molar-refractivity contribution is -0.143.